The Morgan fingerprint density at radius 2 is 1.81 bits per heavy atom. The molecule has 0 atom stereocenters. The van der Waals surface area contributed by atoms with Gasteiger partial charge in [0.2, 0.25) is 5.71 Å². The third-order valence-corrected chi connectivity index (χ3v) is 5.34. The fourth-order valence-corrected chi connectivity index (χ4v) is 4.32. The van der Waals surface area contributed by atoms with Gasteiger partial charge < -0.3 is 9.52 Å². The van der Waals surface area contributed by atoms with Crippen LogP contribution in [0.2, 0.25) is 10.0 Å². The van der Waals surface area contributed by atoms with Gasteiger partial charge in [-0.05, 0) is 44.9 Å². The highest BCUT2D eigenvalue weighted by Gasteiger charge is 2.36. The predicted octanol–water partition coefficient (Wildman–Crippen LogP) is 6.31. The van der Waals surface area contributed by atoms with E-state index in [1.54, 1.807) is 16.6 Å². The SMILES string of the molecule is CCCC(O)(CCC)c1c(C)nn2c(-c3ccc(Cl)cc3Cl)c(C)oc12. The second kappa shape index (κ2) is 7.26. The largest absolute Gasteiger partial charge is 0.441 e. The van der Waals surface area contributed by atoms with Crippen molar-refractivity contribution in [1.82, 2.24) is 9.61 Å². The molecule has 3 aromatic rings. The van der Waals surface area contributed by atoms with Crippen molar-refractivity contribution in [3.05, 3.63) is 45.3 Å². The first-order valence-corrected chi connectivity index (χ1v) is 9.75. The molecule has 0 aliphatic rings. The number of hydrogen-bond donors (Lipinski definition) is 1. The Labute approximate surface area is 163 Å². The maximum Gasteiger partial charge on any atom is 0.228 e. The van der Waals surface area contributed by atoms with Crippen LogP contribution in [0.15, 0.2) is 22.6 Å². The first-order valence-electron chi connectivity index (χ1n) is 8.99. The molecule has 1 aromatic carbocycles. The highest BCUT2D eigenvalue weighted by atomic mass is 35.5. The van der Waals surface area contributed by atoms with Crippen molar-refractivity contribution >= 4 is 28.9 Å². The second-order valence-corrected chi connectivity index (χ2v) is 7.68. The van der Waals surface area contributed by atoms with Crippen LogP contribution in [-0.4, -0.2) is 14.7 Å². The van der Waals surface area contributed by atoms with Crippen LogP contribution in [0.4, 0.5) is 0 Å². The maximum absolute atomic E-state index is 11.4. The Morgan fingerprint density at radius 1 is 1.15 bits per heavy atom. The van der Waals surface area contributed by atoms with Gasteiger partial charge in [0.1, 0.15) is 11.5 Å². The van der Waals surface area contributed by atoms with Crippen LogP contribution >= 0.6 is 23.2 Å². The number of aromatic nitrogens is 2. The summed E-state index contributed by atoms with van der Waals surface area (Å²) in [4.78, 5) is 0. The van der Waals surface area contributed by atoms with Gasteiger partial charge in [0, 0.05) is 10.6 Å². The molecule has 2 heterocycles. The summed E-state index contributed by atoms with van der Waals surface area (Å²) in [6, 6.07) is 5.37. The fourth-order valence-electron chi connectivity index (χ4n) is 3.82. The number of oxazole rings is 1. The van der Waals surface area contributed by atoms with Crippen LogP contribution in [0.25, 0.3) is 17.0 Å². The molecule has 140 valence electrons. The van der Waals surface area contributed by atoms with Crippen molar-refractivity contribution in [2.75, 3.05) is 0 Å². The van der Waals surface area contributed by atoms with Crippen LogP contribution in [0.5, 0.6) is 0 Å². The standard InChI is InChI=1S/C20H24Cl2N2O2/c1-5-9-20(25,10-6-2)17-12(3)23-24-18(13(4)26-19(17)24)15-8-7-14(21)11-16(15)22/h7-8,11,25H,5-6,9-10H2,1-4H3. The van der Waals surface area contributed by atoms with Crippen LogP contribution in [0.1, 0.15) is 56.5 Å². The molecule has 0 saturated heterocycles. The lowest BCUT2D eigenvalue weighted by Crippen LogP contribution is -2.26. The third kappa shape index (κ3) is 3.15. The highest BCUT2D eigenvalue weighted by molar-refractivity contribution is 6.36. The summed E-state index contributed by atoms with van der Waals surface area (Å²) in [7, 11) is 0. The quantitative estimate of drug-likeness (QED) is 0.532. The van der Waals surface area contributed by atoms with E-state index in [-0.39, 0.29) is 0 Å². The number of aliphatic hydroxyl groups is 1. The first-order chi connectivity index (χ1) is 12.3. The molecule has 6 heteroatoms. The smallest absolute Gasteiger partial charge is 0.228 e. The van der Waals surface area contributed by atoms with Gasteiger partial charge >= 0.3 is 0 Å². The topological polar surface area (TPSA) is 50.7 Å². The van der Waals surface area contributed by atoms with Gasteiger partial charge in [-0.3, -0.25) is 0 Å². The monoisotopic (exact) mass is 394 g/mol. The molecule has 0 saturated carbocycles. The number of benzene rings is 1. The molecule has 0 unspecified atom stereocenters. The minimum Gasteiger partial charge on any atom is -0.441 e. The summed E-state index contributed by atoms with van der Waals surface area (Å²) >= 11 is 12.4. The minimum atomic E-state index is -0.944. The number of nitrogens with zero attached hydrogens (tertiary/aromatic N) is 2. The first kappa shape index (κ1) is 19.3. The molecule has 0 amide bonds. The Balaban J connectivity index is 2.26. The summed E-state index contributed by atoms with van der Waals surface area (Å²) in [6.07, 6.45) is 3.09. The van der Waals surface area contributed by atoms with E-state index in [4.69, 9.17) is 27.6 Å². The van der Waals surface area contributed by atoms with Gasteiger partial charge in [0.25, 0.3) is 0 Å². The fraction of sp³-hybridized carbons (Fsp3) is 0.450. The molecule has 0 fully saturated rings. The van der Waals surface area contributed by atoms with Crippen molar-refractivity contribution in [3.8, 4) is 11.3 Å². The molecule has 0 radical (unpaired) electrons. The lowest BCUT2D eigenvalue weighted by molar-refractivity contribution is 0.0169. The van der Waals surface area contributed by atoms with Crippen LogP contribution < -0.4 is 0 Å². The maximum atomic E-state index is 11.4. The molecule has 1 N–H and O–H groups in total. The van der Waals surface area contributed by atoms with E-state index in [2.05, 4.69) is 18.9 Å². The summed E-state index contributed by atoms with van der Waals surface area (Å²) in [5, 5.41) is 17.1. The normalized spacial score (nSPS) is 12.3. The molecule has 26 heavy (non-hydrogen) atoms. The van der Waals surface area contributed by atoms with E-state index in [1.807, 2.05) is 19.9 Å². The third-order valence-electron chi connectivity index (χ3n) is 4.79. The zero-order valence-corrected chi connectivity index (χ0v) is 17.1. The van der Waals surface area contributed by atoms with Crippen LogP contribution in [0.3, 0.4) is 0 Å². The lowest BCUT2D eigenvalue weighted by atomic mass is 9.85. The molecule has 0 spiro atoms. The van der Waals surface area contributed by atoms with Gasteiger partial charge in [-0.25, -0.2) is 0 Å². The number of hydrogen-bond acceptors (Lipinski definition) is 3. The van der Waals surface area contributed by atoms with Crippen molar-refractivity contribution < 1.29 is 9.52 Å². The lowest BCUT2D eigenvalue weighted by Gasteiger charge is -2.26. The van der Waals surface area contributed by atoms with Crippen molar-refractivity contribution in [2.45, 2.75) is 59.0 Å². The molecule has 0 aliphatic carbocycles. The van der Waals surface area contributed by atoms with Gasteiger partial charge in [-0.15, -0.1) is 0 Å². The van der Waals surface area contributed by atoms with E-state index in [1.165, 1.54) is 0 Å². The summed E-state index contributed by atoms with van der Waals surface area (Å²) in [5.74, 6) is 0.702. The average molecular weight is 395 g/mol. The van der Waals surface area contributed by atoms with E-state index < -0.39 is 5.60 Å². The van der Waals surface area contributed by atoms with E-state index >= 15 is 0 Å². The van der Waals surface area contributed by atoms with Gasteiger partial charge in [0.05, 0.1) is 21.9 Å². The van der Waals surface area contributed by atoms with Gasteiger partial charge in [0.15, 0.2) is 0 Å². The van der Waals surface area contributed by atoms with E-state index in [0.717, 1.165) is 35.4 Å². The summed E-state index contributed by atoms with van der Waals surface area (Å²) in [5.41, 5.74) is 2.79. The number of halogens is 2. The highest BCUT2D eigenvalue weighted by Crippen LogP contribution is 2.41. The molecule has 0 aliphatic heterocycles. The summed E-state index contributed by atoms with van der Waals surface area (Å²) < 4.78 is 7.83. The molecular weight excluding hydrogens is 371 g/mol. The van der Waals surface area contributed by atoms with E-state index in [9.17, 15) is 5.11 Å². The Morgan fingerprint density at radius 3 is 2.38 bits per heavy atom. The van der Waals surface area contributed by atoms with Crippen molar-refractivity contribution in [2.24, 2.45) is 0 Å². The minimum absolute atomic E-state index is 0.537. The van der Waals surface area contributed by atoms with Crippen molar-refractivity contribution in [1.29, 1.82) is 0 Å². The number of rotatable bonds is 6. The zero-order valence-electron chi connectivity index (χ0n) is 15.6. The Hall–Kier alpha value is -1.49. The van der Waals surface area contributed by atoms with E-state index in [0.29, 0.717) is 34.4 Å². The number of fused-ring (bicyclic) bond motifs is 1. The number of aryl methyl sites for hydroxylation is 2. The Kier molecular flexibility index (Phi) is 5.38. The Bertz CT molecular complexity index is 937. The zero-order chi connectivity index (χ0) is 19.1. The van der Waals surface area contributed by atoms with Crippen LogP contribution in [0, 0.1) is 13.8 Å². The summed E-state index contributed by atoms with van der Waals surface area (Å²) in [6.45, 7) is 7.94. The van der Waals surface area contributed by atoms with Gasteiger partial charge in [-0.1, -0.05) is 49.9 Å². The van der Waals surface area contributed by atoms with Crippen molar-refractivity contribution in [3.63, 3.8) is 0 Å². The molecule has 0 bridgehead atoms. The molecule has 4 nitrogen and oxygen atoms in total. The average Bonchev–Trinajstić information content (AvgIpc) is 3.01. The molecule has 2 aromatic heterocycles. The molecule has 3 rings (SSSR count). The van der Waals surface area contributed by atoms with Gasteiger partial charge in [-0.2, -0.15) is 9.61 Å². The van der Waals surface area contributed by atoms with Crippen LogP contribution in [-0.2, 0) is 5.60 Å². The second-order valence-electron chi connectivity index (χ2n) is 6.84. The predicted molar refractivity (Wildman–Crippen MR) is 106 cm³/mol. The molecular formula is C20H24Cl2N2O2.